The molecule has 0 aliphatic carbocycles. The maximum Gasteiger partial charge on any atom is 0.135 e. The van der Waals surface area contributed by atoms with Crippen molar-refractivity contribution in [3.63, 3.8) is 0 Å². The number of aromatic amines is 2. The van der Waals surface area contributed by atoms with Gasteiger partial charge in [0.25, 0.3) is 0 Å². The van der Waals surface area contributed by atoms with Gasteiger partial charge in [0.1, 0.15) is 11.2 Å². The minimum Gasteiger partial charge on any atom is -0.352 e. The molecule has 0 amide bonds. The van der Waals surface area contributed by atoms with E-state index in [0.29, 0.717) is 0 Å². The number of H-pyrrole nitrogens is 2. The summed E-state index contributed by atoms with van der Waals surface area (Å²) >= 11 is 1.69. The van der Waals surface area contributed by atoms with Crippen molar-refractivity contribution in [1.29, 1.82) is 0 Å². The van der Waals surface area contributed by atoms with Crippen LogP contribution in [0.25, 0.3) is 55.7 Å². The molecular weight excluding hydrogens is 454 g/mol. The van der Waals surface area contributed by atoms with Crippen molar-refractivity contribution in [2.75, 3.05) is 13.1 Å². The highest BCUT2D eigenvalue weighted by Crippen LogP contribution is 2.34. The van der Waals surface area contributed by atoms with E-state index in [-0.39, 0.29) is 0 Å². The van der Waals surface area contributed by atoms with Gasteiger partial charge in [-0.1, -0.05) is 0 Å². The number of likely N-dealkylation sites (tertiary alicyclic amines) is 1. The maximum absolute atomic E-state index is 5.02. The van der Waals surface area contributed by atoms with Gasteiger partial charge < -0.3 is 4.98 Å². The van der Waals surface area contributed by atoms with Gasteiger partial charge in [0.05, 0.1) is 28.6 Å². The third-order valence-corrected chi connectivity index (χ3v) is 7.42. The number of rotatable bonds is 5. The molecule has 1 aliphatic heterocycles. The fourth-order valence-electron chi connectivity index (χ4n) is 4.99. The molecular formula is C27H23N7S. The number of thiophene rings is 1. The summed E-state index contributed by atoms with van der Waals surface area (Å²) in [6.45, 7) is 3.28. The lowest BCUT2D eigenvalue weighted by atomic mass is 10.1. The lowest BCUT2D eigenvalue weighted by molar-refractivity contribution is 0.331. The second-order valence-corrected chi connectivity index (χ2v) is 9.85. The van der Waals surface area contributed by atoms with Gasteiger partial charge in [0.15, 0.2) is 0 Å². The molecule has 1 fully saturated rings. The fraction of sp³-hybridized carbons (Fsp3) is 0.185. The van der Waals surface area contributed by atoms with Crippen LogP contribution in [0.2, 0.25) is 0 Å². The second kappa shape index (κ2) is 8.41. The van der Waals surface area contributed by atoms with E-state index in [4.69, 9.17) is 4.98 Å². The molecule has 2 N–H and O–H groups in total. The number of hydrogen-bond acceptors (Lipinski definition) is 6. The Balaban J connectivity index is 1.28. The number of aromatic nitrogens is 6. The molecule has 6 aromatic rings. The molecule has 7 heterocycles. The molecule has 0 atom stereocenters. The highest BCUT2D eigenvalue weighted by atomic mass is 32.1. The third-order valence-electron chi connectivity index (χ3n) is 6.74. The number of fused-ring (bicyclic) bond motifs is 2. The predicted molar refractivity (Wildman–Crippen MR) is 140 cm³/mol. The summed E-state index contributed by atoms with van der Waals surface area (Å²) in [6.07, 6.45) is 10.2. The normalized spacial score (nSPS) is 14.4. The van der Waals surface area contributed by atoms with E-state index in [9.17, 15) is 0 Å². The van der Waals surface area contributed by atoms with Crippen LogP contribution in [-0.2, 0) is 6.54 Å². The Bertz CT molecular complexity index is 1640. The van der Waals surface area contributed by atoms with E-state index in [1.165, 1.54) is 37.1 Å². The van der Waals surface area contributed by atoms with Crippen LogP contribution in [0.5, 0.6) is 0 Å². The molecule has 7 nitrogen and oxygen atoms in total. The first-order valence-electron chi connectivity index (χ1n) is 11.8. The van der Waals surface area contributed by atoms with Crippen molar-refractivity contribution in [2.45, 2.75) is 19.4 Å². The highest BCUT2D eigenvalue weighted by molar-refractivity contribution is 7.08. The summed E-state index contributed by atoms with van der Waals surface area (Å²) in [5.41, 5.74) is 9.87. The summed E-state index contributed by atoms with van der Waals surface area (Å²) in [7, 11) is 0. The Hall–Kier alpha value is -3.88. The summed E-state index contributed by atoms with van der Waals surface area (Å²) in [5, 5.41) is 13.1. The molecule has 7 rings (SSSR count). The molecule has 1 saturated heterocycles. The highest BCUT2D eigenvalue weighted by Gasteiger charge is 2.17. The quantitative estimate of drug-likeness (QED) is 0.323. The van der Waals surface area contributed by atoms with Crippen molar-refractivity contribution in [2.24, 2.45) is 0 Å². The Morgan fingerprint density at radius 1 is 0.914 bits per heavy atom. The molecule has 6 aromatic heterocycles. The molecule has 35 heavy (non-hydrogen) atoms. The third kappa shape index (κ3) is 3.71. The zero-order valence-corrected chi connectivity index (χ0v) is 19.8. The van der Waals surface area contributed by atoms with Crippen LogP contribution in [0.4, 0.5) is 0 Å². The SMILES string of the molecule is c1cc(-c2cncc3[nH]c(-c4n[nH]c5ccc(-c6cncc(CN7CCCC7)c6)nc45)cc23)cs1. The van der Waals surface area contributed by atoms with E-state index >= 15 is 0 Å². The lowest BCUT2D eigenvalue weighted by Gasteiger charge is -2.14. The lowest BCUT2D eigenvalue weighted by Crippen LogP contribution is -2.18. The van der Waals surface area contributed by atoms with Gasteiger partial charge >= 0.3 is 0 Å². The molecule has 0 bridgehead atoms. The average Bonchev–Trinajstić information content (AvgIpc) is 3.70. The van der Waals surface area contributed by atoms with Crippen molar-refractivity contribution in [1.82, 2.24) is 35.0 Å². The second-order valence-electron chi connectivity index (χ2n) is 9.07. The van der Waals surface area contributed by atoms with E-state index in [0.717, 1.165) is 56.7 Å². The number of hydrogen-bond donors (Lipinski definition) is 2. The number of pyridine rings is 3. The monoisotopic (exact) mass is 477 g/mol. The van der Waals surface area contributed by atoms with Gasteiger partial charge in [-0.05, 0) is 78.2 Å². The fourth-order valence-corrected chi connectivity index (χ4v) is 5.64. The van der Waals surface area contributed by atoms with Gasteiger partial charge in [-0.3, -0.25) is 20.0 Å². The van der Waals surface area contributed by atoms with Gasteiger partial charge in [0.2, 0.25) is 0 Å². The van der Waals surface area contributed by atoms with Gasteiger partial charge in [-0.15, -0.1) is 0 Å². The Morgan fingerprint density at radius 2 is 1.83 bits per heavy atom. The van der Waals surface area contributed by atoms with Crippen LogP contribution in [0.15, 0.2) is 65.9 Å². The first-order valence-corrected chi connectivity index (χ1v) is 12.8. The first kappa shape index (κ1) is 20.5. The first-order chi connectivity index (χ1) is 17.3. The summed E-state index contributed by atoms with van der Waals surface area (Å²) in [6, 6.07) is 10.6. The van der Waals surface area contributed by atoms with E-state index in [1.807, 2.05) is 36.9 Å². The molecule has 0 spiro atoms. The predicted octanol–water partition coefficient (Wildman–Crippen LogP) is 5.89. The van der Waals surface area contributed by atoms with Crippen molar-refractivity contribution in [3.8, 4) is 33.8 Å². The molecule has 172 valence electrons. The van der Waals surface area contributed by atoms with Crippen LogP contribution in [0.3, 0.4) is 0 Å². The number of nitrogens with one attached hydrogen (secondary N) is 2. The van der Waals surface area contributed by atoms with Crippen molar-refractivity contribution < 1.29 is 0 Å². The van der Waals surface area contributed by atoms with Crippen LogP contribution in [0.1, 0.15) is 18.4 Å². The van der Waals surface area contributed by atoms with Crippen molar-refractivity contribution in [3.05, 3.63) is 71.4 Å². The largest absolute Gasteiger partial charge is 0.352 e. The Morgan fingerprint density at radius 3 is 2.71 bits per heavy atom. The van der Waals surface area contributed by atoms with Crippen LogP contribution < -0.4 is 0 Å². The molecule has 0 unspecified atom stereocenters. The van der Waals surface area contributed by atoms with Crippen molar-refractivity contribution >= 4 is 33.3 Å². The van der Waals surface area contributed by atoms with Gasteiger partial charge in [-0.2, -0.15) is 16.4 Å². The minimum atomic E-state index is 0.801. The Kier molecular flexibility index (Phi) is 4.92. The van der Waals surface area contributed by atoms with E-state index in [1.54, 1.807) is 11.3 Å². The summed E-state index contributed by atoms with van der Waals surface area (Å²) < 4.78 is 0. The summed E-state index contributed by atoms with van der Waals surface area (Å²) in [4.78, 5) is 20.0. The molecule has 8 heteroatoms. The van der Waals surface area contributed by atoms with Gasteiger partial charge in [-0.25, -0.2) is 4.98 Å². The Labute approximate surface area is 205 Å². The maximum atomic E-state index is 5.02. The topological polar surface area (TPSA) is 86.4 Å². The number of nitrogens with zero attached hydrogens (tertiary/aromatic N) is 5. The standard InChI is InChI=1S/C27H23N7S/c1-2-7-34(6-1)15-17-9-19(12-28-11-17)22-3-4-23-26(31-22)27(33-32-23)24-10-20-21(18-5-8-35-16-18)13-29-14-25(20)30-24/h3-5,8-14,16,30H,1-2,6-7,15H2,(H,32,33). The minimum absolute atomic E-state index is 0.801. The zero-order chi connectivity index (χ0) is 23.2. The molecule has 0 aromatic carbocycles. The van der Waals surface area contributed by atoms with Crippen LogP contribution >= 0.6 is 11.3 Å². The van der Waals surface area contributed by atoms with Crippen LogP contribution in [-0.4, -0.2) is 48.1 Å². The smallest absolute Gasteiger partial charge is 0.135 e. The molecule has 1 aliphatic rings. The zero-order valence-electron chi connectivity index (χ0n) is 19.0. The summed E-state index contributed by atoms with van der Waals surface area (Å²) in [5.74, 6) is 0. The van der Waals surface area contributed by atoms with E-state index < -0.39 is 0 Å². The molecule has 0 saturated carbocycles. The van der Waals surface area contributed by atoms with E-state index in [2.05, 4.69) is 59.0 Å². The average molecular weight is 478 g/mol. The molecule has 0 radical (unpaired) electrons. The van der Waals surface area contributed by atoms with Gasteiger partial charge in [0, 0.05) is 41.6 Å². The van der Waals surface area contributed by atoms with Crippen LogP contribution in [0, 0.1) is 0 Å².